The van der Waals surface area contributed by atoms with Gasteiger partial charge in [0.05, 0.1) is 12.2 Å². The zero-order valence-corrected chi connectivity index (χ0v) is 19.7. The maximum Gasteiger partial charge on any atom is 0.416 e. The Morgan fingerprint density at radius 2 is 1.76 bits per heavy atom. The molecular weight excluding hydrogens is 523 g/mol. The van der Waals surface area contributed by atoms with Crippen LogP contribution in [0.25, 0.3) is 11.1 Å². The molecule has 1 aliphatic rings. The number of nitrogens with zero attached hydrogens (tertiary/aromatic N) is 3. The maximum atomic E-state index is 14.8. The van der Waals surface area contributed by atoms with E-state index in [2.05, 4.69) is 20.6 Å². The Balaban J connectivity index is 1.75. The minimum Gasteiger partial charge on any atom is -0.491 e. The standard InChI is InChI=1S/C24H20F7N5O2/c1-13-3-5-14(6-4-13)16-12-22(24(29,30)31,32-21(37)19(16)20-33-35-36-34-20)15-7-8-18(17(25)11-15)38-10-2-9-23(26,27)28/h3-8,11H,2,9-10,12H2,1H3,(H,32,37)(H,33,34,35,36). The van der Waals surface area contributed by atoms with Crippen molar-refractivity contribution in [2.24, 2.45) is 0 Å². The van der Waals surface area contributed by atoms with Crippen LogP contribution in [0.4, 0.5) is 30.7 Å². The highest BCUT2D eigenvalue weighted by molar-refractivity contribution is 6.27. The summed E-state index contributed by atoms with van der Waals surface area (Å²) in [6, 6.07) is 8.76. The number of nitrogens with one attached hydrogen (secondary N) is 2. The molecule has 0 fully saturated rings. The zero-order valence-electron chi connectivity index (χ0n) is 19.7. The van der Waals surface area contributed by atoms with Gasteiger partial charge in [0.1, 0.15) is 0 Å². The lowest BCUT2D eigenvalue weighted by atomic mass is 9.76. The number of alkyl halides is 6. The lowest BCUT2D eigenvalue weighted by Gasteiger charge is -2.41. The Kier molecular flexibility index (Phi) is 7.17. The molecule has 14 heteroatoms. The predicted molar refractivity (Wildman–Crippen MR) is 120 cm³/mol. The summed E-state index contributed by atoms with van der Waals surface area (Å²) in [5, 5.41) is 15.0. The van der Waals surface area contributed by atoms with Crippen LogP contribution in [0, 0.1) is 12.7 Å². The first-order valence-electron chi connectivity index (χ1n) is 11.2. The molecular formula is C24H20F7N5O2. The average Bonchev–Trinajstić information content (AvgIpc) is 3.35. The molecule has 1 atom stereocenters. The van der Waals surface area contributed by atoms with Gasteiger partial charge in [0.15, 0.2) is 17.1 Å². The molecule has 1 unspecified atom stereocenters. The van der Waals surface area contributed by atoms with Crippen molar-refractivity contribution < 1.29 is 40.3 Å². The van der Waals surface area contributed by atoms with Crippen molar-refractivity contribution in [1.29, 1.82) is 0 Å². The highest BCUT2D eigenvalue weighted by Gasteiger charge is 2.60. The largest absolute Gasteiger partial charge is 0.491 e. The number of aryl methyl sites for hydroxylation is 1. The number of hydrogen-bond acceptors (Lipinski definition) is 5. The number of aromatic amines is 1. The number of aromatic nitrogens is 4. The molecule has 1 aromatic heterocycles. The Labute approximate surface area is 211 Å². The van der Waals surface area contributed by atoms with Crippen LogP contribution < -0.4 is 10.1 Å². The van der Waals surface area contributed by atoms with E-state index in [4.69, 9.17) is 4.74 Å². The van der Waals surface area contributed by atoms with E-state index >= 15 is 0 Å². The summed E-state index contributed by atoms with van der Waals surface area (Å²) in [6.45, 7) is 1.28. The normalized spacial score (nSPS) is 18.5. The highest BCUT2D eigenvalue weighted by atomic mass is 19.4. The molecule has 3 aromatic rings. The smallest absolute Gasteiger partial charge is 0.416 e. The minimum absolute atomic E-state index is 0.0413. The first kappa shape index (κ1) is 27.1. The van der Waals surface area contributed by atoms with Gasteiger partial charge >= 0.3 is 12.4 Å². The molecule has 0 bridgehead atoms. The highest BCUT2D eigenvalue weighted by Crippen LogP contribution is 2.50. The van der Waals surface area contributed by atoms with Crippen molar-refractivity contribution in [3.05, 3.63) is 70.8 Å². The molecule has 1 aliphatic heterocycles. The fraction of sp³-hybridized carbons (Fsp3) is 0.333. The number of benzene rings is 2. The molecule has 2 aromatic carbocycles. The van der Waals surface area contributed by atoms with E-state index in [1.54, 1.807) is 31.2 Å². The van der Waals surface area contributed by atoms with Crippen molar-refractivity contribution >= 4 is 17.1 Å². The lowest BCUT2D eigenvalue weighted by Crippen LogP contribution is -2.58. The summed E-state index contributed by atoms with van der Waals surface area (Å²) in [5.74, 6) is -3.12. The molecule has 0 radical (unpaired) electrons. The van der Waals surface area contributed by atoms with Gasteiger partial charge in [-0.25, -0.2) is 4.39 Å². The maximum absolute atomic E-state index is 14.8. The Morgan fingerprint density at radius 3 is 2.34 bits per heavy atom. The monoisotopic (exact) mass is 543 g/mol. The van der Waals surface area contributed by atoms with Gasteiger partial charge in [-0.15, -0.1) is 10.2 Å². The second-order valence-corrected chi connectivity index (χ2v) is 8.70. The van der Waals surface area contributed by atoms with E-state index in [0.717, 1.165) is 17.7 Å². The quantitative estimate of drug-likeness (QED) is 0.314. The molecule has 0 saturated heterocycles. The summed E-state index contributed by atoms with van der Waals surface area (Å²) >= 11 is 0. The van der Waals surface area contributed by atoms with E-state index in [0.29, 0.717) is 11.6 Å². The summed E-state index contributed by atoms with van der Waals surface area (Å²) < 4.78 is 101. The van der Waals surface area contributed by atoms with Crippen LogP contribution in [-0.4, -0.2) is 45.5 Å². The Bertz CT molecular complexity index is 1340. The van der Waals surface area contributed by atoms with E-state index < -0.39 is 66.8 Å². The average molecular weight is 543 g/mol. The molecule has 7 nitrogen and oxygen atoms in total. The molecule has 38 heavy (non-hydrogen) atoms. The third-order valence-electron chi connectivity index (χ3n) is 6.04. The number of rotatable bonds is 7. The molecule has 4 rings (SSSR count). The van der Waals surface area contributed by atoms with Gasteiger partial charge in [0, 0.05) is 12.8 Å². The third-order valence-corrected chi connectivity index (χ3v) is 6.04. The van der Waals surface area contributed by atoms with Gasteiger partial charge in [0.25, 0.3) is 5.91 Å². The number of tetrazole rings is 1. The number of amides is 1. The van der Waals surface area contributed by atoms with Crippen LogP contribution in [-0.2, 0) is 10.3 Å². The molecule has 0 saturated carbocycles. The summed E-state index contributed by atoms with van der Waals surface area (Å²) in [7, 11) is 0. The van der Waals surface area contributed by atoms with Crippen LogP contribution in [0.1, 0.15) is 41.8 Å². The fourth-order valence-corrected chi connectivity index (χ4v) is 4.14. The molecule has 0 aliphatic carbocycles. The van der Waals surface area contributed by atoms with Gasteiger partial charge in [-0.2, -0.15) is 31.6 Å². The van der Waals surface area contributed by atoms with Crippen molar-refractivity contribution in [2.45, 2.75) is 44.1 Å². The van der Waals surface area contributed by atoms with E-state index in [9.17, 15) is 35.5 Å². The predicted octanol–water partition coefficient (Wildman–Crippen LogP) is 5.26. The summed E-state index contributed by atoms with van der Waals surface area (Å²) in [5.41, 5.74) is -2.83. The van der Waals surface area contributed by atoms with Crippen LogP contribution in [0.15, 0.2) is 42.5 Å². The number of ether oxygens (including phenoxy) is 1. The first-order chi connectivity index (χ1) is 17.8. The number of carbonyl (C=O) groups is 1. The van der Waals surface area contributed by atoms with Crippen LogP contribution >= 0.6 is 0 Å². The van der Waals surface area contributed by atoms with Gasteiger partial charge in [0.2, 0.25) is 5.82 Å². The van der Waals surface area contributed by atoms with Gasteiger partial charge in [-0.3, -0.25) is 4.79 Å². The van der Waals surface area contributed by atoms with Gasteiger partial charge in [-0.1, -0.05) is 35.9 Å². The molecule has 0 spiro atoms. The zero-order chi connectivity index (χ0) is 27.7. The minimum atomic E-state index is -5.09. The van der Waals surface area contributed by atoms with Crippen molar-refractivity contribution in [3.8, 4) is 5.75 Å². The number of hydrogen-bond donors (Lipinski definition) is 2. The van der Waals surface area contributed by atoms with E-state index in [1.807, 2.05) is 5.32 Å². The summed E-state index contributed by atoms with van der Waals surface area (Å²) in [6.07, 6.45) is -12.0. The van der Waals surface area contributed by atoms with Crippen molar-refractivity contribution in [2.75, 3.05) is 6.61 Å². The van der Waals surface area contributed by atoms with Crippen LogP contribution in [0.5, 0.6) is 5.75 Å². The van der Waals surface area contributed by atoms with Crippen LogP contribution in [0.3, 0.4) is 0 Å². The Morgan fingerprint density at radius 1 is 1.05 bits per heavy atom. The molecule has 2 heterocycles. The first-order valence-corrected chi connectivity index (χ1v) is 11.2. The summed E-state index contributed by atoms with van der Waals surface area (Å²) in [4.78, 5) is 13.2. The second-order valence-electron chi connectivity index (χ2n) is 8.70. The fourth-order valence-electron chi connectivity index (χ4n) is 4.14. The number of carbonyl (C=O) groups excluding carboxylic acids is 1. The van der Waals surface area contributed by atoms with Crippen molar-refractivity contribution in [1.82, 2.24) is 25.9 Å². The van der Waals surface area contributed by atoms with E-state index in [-0.39, 0.29) is 17.0 Å². The van der Waals surface area contributed by atoms with Gasteiger partial charge < -0.3 is 10.1 Å². The second kappa shape index (κ2) is 10.1. The molecule has 202 valence electrons. The molecule has 2 N–H and O–H groups in total. The SMILES string of the molecule is Cc1ccc(C2=C(c3nn[nH]n3)C(=O)NC(c3ccc(OCCCC(F)(F)F)c(F)c3)(C(F)(F)F)C2)cc1. The lowest BCUT2D eigenvalue weighted by molar-refractivity contribution is -0.201. The number of halogens is 7. The van der Waals surface area contributed by atoms with E-state index in [1.165, 1.54) is 0 Å². The number of H-pyrrole nitrogens is 1. The van der Waals surface area contributed by atoms with Gasteiger partial charge in [-0.05, 0) is 47.4 Å². The van der Waals surface area contributed by atoms with Crippen LogP contribution in [0.2, 0.25) is 0 Å². The Hall–Kier alpha value is -3.97. The van der Waals surface area contributed by atoms with Crippen molar-refractivity contribution in [3.63, 3.8) is 0 Å². The topological polar surface area (TPSA) is 92.8 Å². The molecule has 1 amide bonds. The third kappa shape index (κ3) is 5.48.